The van der Waals surface area contributed by atoms with Crippen molar-refractivity contribution in [3.8, 4) is 5.75 Å². The van der Waals surface area contributed by atoms with Crippen LogP contribution in [0.15, 0.2) is 53.1 Å². The Balaban J connectivity index is 1.37. The van der Waals surface area contributed by atoms with Gasteiger partial charge >= 0.3 is 0 Å². The fourth-order valence-electron chi connectivity index (χ4n) is 4.43. The van der Waals surface area contributed by atoms with E-state index in [0.717, 1.165) is 36.2 Å². The minimum atomic E-state index is -0.310. The van der Waals surface area contributed by atoms with Crippen LogP contribution in [-0.4, -0.2) is 44.5 Å². The van der Waals surface area contributed by atoms with Crippen LogP contribution in [-0.2, 0) is 17.7 Å². The normalized spacial score (nSPS) is 15.9. The third-order valence-electron chi connectivity index (χ3n) is 6.33. The van der Waals surface area contributed by atoms with Gasteiger partial charge in [-0.15, -0.1) is 0 Å². The second kappa shape index (κ2) is 12.0. The Morgan fingerprint density at radius 3 is 2.97 bits per heavy atom. The molecule has 186 valence electrons. The maximum atomic E-state index is 14.2. The molecule has 2 aliphatic heterocycles. The van der Waals surface area contributed by atoms with Gasteiger partial charge in [0.2, 0.25) is 0 Å². The van der Waals surface area contributed by atoms with Crippen molar-refractivity contribution in [2.45, 2.75) is 45.2 Å². The van der Waals surface area contributed by atoms with Crippen molar-refractivity contribution in [3.05, 3.63) is 70.6 Å². The van der Waals surface area contributed by atoms with Gasteiger partial charge in [0, 0.05) is 36.7 Å². The molecule has 35 heavy (non-hydrogen) atoms. The molecule has 0 bridgehead atoms. The summed E-state index contributed by atoms with van der Waals surface area (Å²) < 4.78 is 24.9. The summed E-state index contributed by atoms with van der Waals surface area (Å²) in [6.07, 6.45) is 5.33. The van der Waals surface area contributed by atoms with Crippen LogP contribution in [0, 0.1) is 5.82 Å². The monoisotopic (exact) mass is 480 g/mol. The second-order valence-corrected chi connectivity index (χ2v) is 8.78. The number of hydrogen-bond acceptors (Lipinski definition) is 6. The van der Waals surface area contributed by atoms with Gasteiger partial charge in [0.15, 0.2) is 0 Å². The van der Waals surface area contributed by atoms with Crippen molar-refractivity contribution in [3.63, 3.8) is 0 Å². The van der Waals surface area contributed by atoms with Gasteiger partial charge in [-0.1, -0.05) is 25.5 Å². The van der Waals surface area contributed by atoms with Gasteiger partial charge in [-0.3, -0.25) is 10.2 Å². The van der Waals surface area contributed by atoms with Crippen LogP contribution in [0.1, 0.15) is 47.7 Å². The Labute approximate surface area is 205 Å². The van der Waals surface area contributed by atoms with Gasteiger partial charge in [-0.25, -0.2) is 4.39 Å². The minimum absolute atomic E-state index is 0.0797. The van der Waals surface area contributed by atoms with Crippen molar-refractivity contribution in [2.24, 2.45) is 5.10 Å². The third-order valence-corrected chi connectivity index (χ3v) is 6.33. The molecular weight excluding hydrogens is 447 g/mol. The lowest BCUT2D eigenvalue weighted by molar-refractivity contribution is 0.0934. The Kier molecular flexibility index (Phi) is 8.50. The molecule has 2 aliphatic rings. The number of hydrazone groups is 1. The number of hydrogen-bond donors (Lipinski definition) is 3. The molecule has 0 aromatic heterocycles. The summed E-state index contributed by atoms with van der Waals surface area (Å²) in [6.45, 7) is 4.24. The van der Waals surface area contributed by atoms with Crippen LogP contribution in [0.4, 0.5) is 10.1 Å². The number of amides is 1. The highest BCUT2D eigenvalue weighted by Gasteiger charge is 2.20. The molecule has 8 heteroatoms. The molecule has 1 unspecified atom stereocenters. The SMILES string of the molecule is CCCC(CNCc1c(F)cccc1OC)NC(=O)c1ccc2c(c1)CC(C1=CCOCC1)=NN2. The van der Waals surface area contributed by atoms with Crippen molar-refractivity contribution >= 4 is 17.3 Å². The molecule has 7 nitrogen and oxygen atoms in total. The van der Waals surface area contributed by atoms with E-state index in [2.05, 4.69) is 34.2 Å². The number of carbonyl (C=O) groups excluding carboxylic acids is 1. The van der Waals surface area contributed by atoms with Crippen molar-refractivity contribution in [1.82, 2.24) is 10.6 Å². The summed E-state index contributed by atoms with van der Waals surface area (Å²) in [7, 11) is 1.53. The van der Waals surface area contributed by atoms with Gasteiger partial charge in [0.05, 0.1) is 31.7 Å². The van der Waals surface area contributed by atoms with E-state index in [1.165, 1.54) is 18.7 Å². The summed E-state index contributed by atoms with van der Waals surface area (Å²) in [5.41, 5.74) is 8.38. The quantitative estimate of drug-likeness (QED) is 0.475. The van der Waals surface area contributed by atoms with E-state index in [0.29, 0.717) is 49.6 Å². The second-order valence-electron chi connectivity index (χ2n) is 8.78. The van der Waals surface area contributed by atoms with Gasteiger partial charge in [0.25, 0.3) is 5.91 Å². The van der Waals surface area contributed by atoms with Gasteiger partial charge in [0.1, 0.15) is 11.6 Å². The molecule has 1 atom stereocenters. The first kappa shape index (κ1) is 24.9. The molecule has 3 N–H and O–H groups in total. The predicted molar refractivity (Wildman–Crippen MR) is 136 cm³/mol. The highest BCUT2D eigenvalue weighted by Crippen LogP contribution is 2.26. The van der Waals surface area contributed by atoms with E-state index in [-0.39, 0.29) is 17.8 Å². The third kappa shape index (κ3) is 6.26. The Morgan fingerprint density at radius 1 is 1.31 bits per heavy atom. The highest BCUT2D eigenvalue weighted by atomic mass is 19.1. The highest BCUT2D eigenvalue weighted by molar-refractivity contribution is 6.04. The number of benzene rings is 2. The summed E-state index contributed by atoms with van der Waals surface area (Å²) >= 11 is 0. The molecule has 0 saturated heterocycles. The predicted octanol–water partition coefficient (Wildman–Crippen LogP) is 4.19. The number of anilines is 1. The Bertz CT molecular complexity index is 1120. The zero-order valence-corrected chi connectivity index (χ0v) is 20.3. The molecule has 2 aromatic rings. The van der Waals surface area contributed by atoms with Crippen LogP contribution in [0.25, 0.3) is 0 Å². The summed E-state index contributed by atoms with van der Waals surface area (Å²) in [5.74, 6) is 0.0801. The number of carbonyl (C=O) groups is 1. The zero-order chi connectivity index (χ0) is 24.6. The standard InChI is InChI=1S/C27H33FN4O3/c1-3-5-21(16-29-17-22-23(28)6-4-7-26(22)34-2)30-27(33)19-8-9-24-20(14-19)15-25(32-31-24)18-10-12-35-13-11-18/h4,6-10,14,21,29,31H,3,5,11-13,15-17H2,1-2H3,(H,30,33). The molecule has 4 rings (SSSR count). The van der Waals surface area contributed by atoms with Gasteiger partial charge < -0.3 is 20.1 Å². The first-order valence-electron chi connectivity index (χ1n) is 12.1. The van der Waals surface area contributed by atoms with E-state index in [1.807, 2.05) is 18.2 Å². The number of nitrogens with one attached hydrogen (secondary N) is 3. The van der Waals surface area contributed by atoms with E-state index < -0.39 is 0 Å². The van der Waals surface area contributed by atoms with E-state index in [4.69, 9.17) is 9.47 Å². The minimum Gasteiger partial charge on any atom is -0.496 e. The summed E-state index contributed by atoms with van der Waals surface area (Å²) in [5, 5.41) is 10.9. The van der Waals surface area contributed by atoms with Crippen LogP contribution in [0.5, 0.6) is 5.75 Å². The molecule has 0 spiro atoms. The first-order chi connectivity index (χ1) is 17.1. The molecule has 0 fully saturated rings. The summed E-state index contributed by atoms with van der Waals surface area (Å²) in [4.78, 5) is 13.1. The average Bonchev–Trinajstić information content (AvgIpc) is 2.89. The fraction of sp³-hybridized carbons (Fsp3) is 0.407. The summed E-state index contributed by atoms with van der Waals surface area (Å²) in [6, 6.07) is 10.4. The Morgan fingerprint density at radius 2 is 2.20 bits per heavy atom. The van der Waals surface area contributed by atoms with E-state index in [1.54, 1.807) is 12.1 Å². The van der Waals surface area contributed by atoms with Gasteiger partial charge in [-0.05, 0) is 54.3 Å². The van der Waals surface area contributed by atoms with E-state index >= 15 is 0 Å². The fourth-order valence-corrected chi connectivity index (χ4v) is 4.43. The lowest BCUT2D eigenvalue weighted by atomic mass is 9.95. The number of ether oxygens (including phenoxy) is 2. The van der Waals surface area contributed by atoms with Crippen LogP contribution in [0.3, 0.4) is 0 Å². The lowest BCUT2D eigenvalue weighted by Gasteiger charge is -2.22. The number of rotatable bonds is 10. The van der Waals surface area contributed by atoms with Crippen LogP contribution < -0.4 is 20.8 Å². The maximum absolute atomic E-state index is 14.2. The molecular formula is C27H33FN4O3. The zero-order valence-electron chi connectivity index (χ0n) is 20.3. The average molecular weight is 481 g/mol. The van der Waals surface area contributed by atoms with Crippen molar-refractivity contribution in [1.29, 1.82) is 0 Å². The Hall–Kier alpha value is -3.23. The molecule has 2 aromatic carbocycles. The number of nitrogens with zero attached hydrogens (tertiary/aromatic N) is 1. The molecule has 0 aliphatic carbocycles. The smallest absolute Gasteiger partial charge is 0.251 e. The van der Waals surface area contributed by atoms with Crippen molar-refractivity contribution in [2.75, 3.05) is 32.3 Å². The van der Waals surface area contributed by atoms with Crippen molar-refractivity contribution < 1.29 is 18.7 Å². The topological polar surface area (TPSA) is 84.0 Å². The maximum Gasteiger partial charge on any atom is 0.251 e. The molecule has 0 radical (unpaired) electrons. The van der Waals surface area contributed by atoms with Gasteiger partial charge in [-0.2, -0.15) is 5.10 Å². The van der Waals surface area contributed by atoms with E-state index in [9.17, 15) is 9.18 Å². The van der Waals surface area contributed by atoms with Crippen LogP contribution >= 0.6 is 0 Å². The lowest BCUT2D eigenvalue weighted by Crippen LogP contribution is -2.42. The number of fused-ring (bicyclic) bond motifs is 1. The first-order valence-corrected chi connectivity index (χ1v) is 12.1. The number of halogens is 1. The van der Waals surface area contributed by atoms with Crippen LogP contribution in [0.2, 0.25) is 0 Å². The molecule has 2 heterocycles. The largest absolute Gasteiger partial charge is 0.496 e. The number of methoxy groups -OCH3 is 1. The molecule has 0 saturated carbocycles. The molecule has 1 amide bonds.